The molecule has 1 aromatic rings. The van der Waals surface area contributed by atoms with E-state index >= 15 is 0 Å². The molecule has 0 amide bonds. The Balaban J connectivity index is 1.74. The normalized spacial score (nSPS) is 28.0. The Bertz CT molecular complexity index is 536. The lowest BCUT2D eigenvalue weighted by atomic mass is 9.93. The average molecular weight is 335 g/mol. The molecule has 0 unspecified atom stereocenters. The molecular weight excluding hydrogens is 306 g/mol. The van der Waals surface area contributed by atoms with Crippen molar-refractivity contribution in [1.82, 2.24) is 4.90 Å². The molecule has 0 aromatic heterocycles. The van der Waals surface area contributed by atoms with Gasteiger partial charge in [0.15, 0.2) is 11.5 Å². The smallest absolute Gasteiger partial charge is 0.161 e. The van der Waals surface area contributed by atoms with Crippen LogP contribution in [0.3, 0.4) is 0 Å². The molecule has 1 saturated carbocycles. The quantitative estimate of drug-likeness (QED) is 0.799. The van der Waals surface area contributed by atoms with Crippen LogP contribution < -0.4 is 9.47 Å². The standard InChI is InChI=1S/C19H29NO4/c1-21-17-6-4-5-15(17)16-13-24-10-9-20(16)12-14-7-8-18(22-2)19(11-14)23-3/h7-8,11,15-17H,4-6,9-10,12-13H2,1-3H3/t15-,16+,17+/m0/s1. The zero-order chi connectivity index (χ0) is 16.9. The predicted octanol–water partition coefficient (Wildman–Crippen LogP) is 2.72. The molecule has 5 heteroatoms. The van der Waals surface area contributed by atoms with E-state index in [1.807, 2.05) is 13.2 Å². The third-order valence-electron chi connectivity index (χ3n) is 5.41. The maximum atomic E-state index is 5.79. The highest BCUT2D eigenvalue weighted by atomic mass is 16.5. The van der Waals surface area contributed by atoms with E-state index in [0.29, 0.717) is 18.1 Å². The second kappa shape index (κ2) is 8.19. The van der Waals surface area contributed by atoms with Crippen molar-refractivity contribution in [2.45, 2.75) is 38.0 Å². The van der Waals surface area contributed by atoms with E-state index in [-0.39, 0.29) is 0 Å². The Morgan fingerprint density at radius 1 is 1.12 bits per heavy atom. The second-order valence-electron chi connectivity index (χ2n) is 6.67. The lowest BCUT2D eigenvalue weighted by Crippen LogP contribution is -2.50. The molecule has 1 aliphatic carbocycles. The zero-order valence-electron chi connectivity index (χ0n) is 15.0. The molecule has 134 valence electrons. The first-order valence-electron chi connectivity index (χ1n) is 8.82. The van der Waals surface area contributed by atoms with Gasteiger partial charge in [0.2, 0.25) is 0 Å². The highest BCUT2D eigenvalue weighted by Gasteiger charge is 2.38. The number of nitrogens with zero attached hydrogens (tertiary/aromatic N) is 1. The molecule has 0 spiro atoms. The van der Waals surface area contributed by atoms with Gasteiger partial charge in [-0.25, -0.2) is 0 Å². The fourth-order valence-corrected chi connectivity index (χ4v) is 4.15. The van der Waals surface area contributed by atoms with Crippen molar-refractivity contribution >= 4 is 0 Å². The van der Waals surface area contributed by atoms with Crippen LogP contribution in [0.2, 0.25) is 0 Å². The van der Waals surface area contributed by atoms with E-state index in [1.54, 1.807) is 14.2 Å². The molecule has 5 nitrogen and oxygen atoms in total. The highest BCUT2D eigenvalue weighted by molar-refractivity contribution is 5.42. The molecule has 3 atom stereocenters. The number of ether oxygens (including phenoxy) is 4. The fraction of sp³-hybridized carbons (Fsp3) is 0.684. The monoisotopic (exact) mass is 335 g/mol. The average Bonchev–Trinajstić information content (AvgIpc) is 3.10. The maximum Gasteiger partial charge on any atom is 0.161 e. The summed E-state index contributed by atoms with van der Waals surface area (Å²) >= 11 is 0. The van der Waals surface area contributed by atoms with Crippen LogP contribution in [0.25, 0.3) is 0 Å². The van der Waals surface area contributed by atoms with Crippen LogP contribution >= 0.6 is 0 Å². The Morgan fingerprint density at radius 3 is 2.71 bits per heavy atom. The summed E-state index contributed by atoms with van der Waals surface area (Å²) in [5.41, 5.74) is 1.24. The molecule has 1 aromatic carbocycles. The van der Waals surface area contributed by atoms with Crippen molar-refractivity contribution in [3.63, 3.8) is 0 Å². The van der Waals surface area contributed by atoms with Crippen LogP contribution in [-0.2, 0) is 16.0 Å². The lowest BCUT2D eigenvalue weighted by molar-refractivity contribution is -0.0608. The van der Waals surface area contributed by atoms with Gasteiger partial charge in [-0.1, -0.05) is 12.5 Å². The van der Waals surface area contributed by atoms with Crippen molar-refractivity contribution in [2.24, 2.45) is 5.92 Å². The van der Waals surface area contributed by atoms with Gasteiger partial charge < -0.3 is 18.9 Å². The number of methoxy groups -OCH3 is 3. The fourth-order valence-electron chi connectivity index (χ4n) is 4.15. The van der Waals surface area contributed by atoms with Gasteiger partial charge in [0.05, 0.1) is 33.5 Å². The number of rotatable bonds is 6. The summed E-state index contributed by atoms with van der Waals surface area (Å²) in [5, 5.41) is 0. The van der Waals surface area contributed by atoms with Crippen molar-refractivity contribution < 1.29 is 18.9 Å². The van der Waals surface area contributed by atoms with E-state index in [0.717, 1.165) is 37.8 Å². The lowest BCUT2D eigenvalue weighted by Gasteiger charge is -2.40. The molecule has 1 saturated heterocycles. The minimum Gasteiger partial charge on any atom is -0.493 e. The van der Waals surface area contributed by atoms with Crippen LogP contribution in [0, 0.1) is 5.92 Å². The number of benzene rings is 1. The molecule has 2 aliphatic rings. The van der Waals surface area contributed by atoms with E-state index < -0.39 is 0 Å². The summed E-state index contributed by atoms with van der Waals surface area (Å²) < 4.78 is 22.3. The van der Waals surface area contributed by atoms with Crippen LogP contribution in [0.1, 0.15) is 24.8 Å². The van der Waals surface area contributed by atoms with Crippen LogP contribution in [0.15, 0.2) is 18.2 Å². The van der Waals surface area contributed by atoms with E-state index in [2.05, 4.69) is 17.0 Å². The van der Waals surface area contributed by atoms with Crippen LogP contribution in [0.5, 0.6) is 11.5 Å². The largest absolute Gasteiger partial charge is 0.493 e. The highest BCUT2D eigenvalue weighted by Crippen LogP contribution is 2.35. The first-order valence-corrected chi connectivity index (χ1v) is 8.82. The first-order chi connectivity index (χ1) is 11.8. The summed E-state index contributed by atoms with van der Waals surface area (Å²) in [7, 11) is 5.19. The van der Waals surface area contributed by atoms with Crippen molar-refractivity contribution in [2.75, 3.05) is 41.1 Å². The number of morpholine rings is 1. The van der Waals surface area contributed by atoms with Gasteiger partial charge >= 0.3 is 0 Å². The first kappa shape index (κ1) is 17.5. The Kier molecular flexibility index (Phi) is 5.98. The summed E-state index contributed by atoms with van der Waals surface area (Å²) in [6.45, 7) is 3.47. The van der Waals surface area contributed by atoms with Gasteiger partial charge in [0.1, 0.15) is 0 Å². The van der Waals surface area contributed by atoms with Crippen molar-refractivity contribution in [3.8, 4) is 11.5 Å². The van der Waals surface area contributed by atoms with E-state index in [9.17, 15) is 0 Å². The third-order valence-corrected chi connectivity index (χ3v) is 5.41. The van der Waals surface area contributed by atoms with Gasteiger partial charge in [-0.15, -0.1) is 0 Å². The van der Waals surface area contributed by atoms with Gasteiger partial charge in [0.25, 0.3) is 0 Å². The Labute approximate surface area is 144 Å². The minimum atomic E-state index is 0.365. The summed E-state index contributed by atoms with van der Waals surface area (Å²) in [6.07, 6.45) is 4.02. The van der Waals surface area contributed by atoms with E-state index in [4.69, 9.17) is 18.9 Å². The molecule has 1 aliphatic heterocycles. The number of hydrogen-bond acceptors (Lipinski definition) is 5. The Hall–Kier alpha value is -1.30. The van der Waals surface area contributed by atoms with Crippen LogP contribution in [-0.4, -0.2) is 58.1 Å². The van der Waals surface area contributed by atoms with Crippen molar-refractivity contribution in [1.29, 1.82) is 0 Å². The molecule has 1 heterocycles. The van der Waals surface area contributed by atoms with E-state index in [1.165, 1.54) is 24.8 Å². The second-order valence-corrected chi connectivity index (χ2v) is 6.67. The van der Waals surface area contributed by atoms with Gasteiger partial charge in [-0.3, -0.25) is 4.90 Å². The molecule has 24 heavy (non-hydrogen) atoms. The maximum absolute atomic E-state index is 5.79. The van der Waals surface area contributed by atoms with Gasteiger partial charge in [0, 0.05) is 32.2 Å². The summed E-state index contributed by atoms with van der Waals surface area (Å²) in [4.78, 5) is 2.55. The van der Waals surface area contributed by atoms with Gasteiger partial charge in [-0.05, 0) is 30.5 Å². The van der Waals surface area contributed by atoms with Gasteiger partial charge in [-0.2, -0.15) is 0 Å². The van der Waals surface area contributed by atoms with Crippen molar-refractivity contribution in [3.05, 3.63) is 23.8 Å². The SMILES string of the molecule is COc1ccc(CN2CCOC[C@@H]2[C@@H]2CCC[C@H]2OC)cc1OC. The minimum absolute atomic E-state index is 0.365. The molecule has 0 N–H and O–H groups in total. The molecule has 3 rings (SSSR count). The zero-order valence-corrected chi connectivity index (χ0v) is 15.0. The molecule has 0 radical (unpaired) electrons. The van der Waals surface area contributed by atoms with Crippen LogP contribution in [0.4, 0.5) is 0 Å². The number of hydrogen-bond donors (Lipinski definition) is 0. The summed E-state index contributed by atoms with van der Waals surface area (Å²) in [5.74, 6) is 2.13. The third kappa shape index (κ3) is 3.68. The Morgan fingerprint density at radius 2 is 1.96 bits per heavy atom. The molecular formula is C19H29NO4. The topological polar surface area (TPSA) is 40.2 Å². The predicted molar refractivity (Wildman–Crippen MR) is 92.7 cm³/mol. The molecule has 0 bridgehead atoms. The molecule has 2 fully saturated rings. The summed E-state index contributed by atoms with van der Waals surface area (Å²) in [6, 6.07) is 6.61.